The molecule has 2 rings (SSSR count). The maximum Gasteiger partial charge on any atom is 0.264 e. The van der Waals surface area contributed by atoms with Crippen LogP contribution in [-0.2, 0) is 6.42 Å². The second-order valence-electron chi connectivity index (χ2n) is 4.89. The summed E-state index contributed by atoms with van der Waals surface area (Å²) in [6, 6.07) is 9.72. The number of nitrogen functional groups attached to an aromatic ring is 1. The monoisotopic (exact) mass is 288 g/mol. The van der Waals surface area contributed by atoms with Gasteiger partial charge in [-0.1, -0.05) is 19.1 Å². The van der Waals surface area contributed by atoms with Crippen molar-refractivity contribution < 1.29 is 4.79 Å². The maximum atomic E-state index is 12.6. The summed E-state index contributed by atoms with van der Waals surface area (Å²) >= 11 is 1.51. The Morgan fingerprint density at radius 1 is 1.40 bits per heavy atom. The van der Waals surface area contributed by atoms with Crippen molar-refractivity contribution in [2.24, 2.45) is 0 Å². The number of nitrogens with zero attached hydrogens (tertiary/aromatic N) is 1. The summed E-state index contributed by atoms with van der Waals surface area (Å²) in [7, 11) is 1.84. The number of nitrogens with two attached hydrogens (primary N) is 1. The largest absolute Gasteiger partial charge is 0.399 e. The lowest BCUT2D eigenvalue weighted by Crippen LogP contribution is -2.29. The van der Waals surface area contributed by atoms with E-state index in [2.05, 4.69) is 6.92 Å². The minimum atomic E-state index is -0.00203. The van der Waals surface area contributed by atoms with Crippen molar-refractivity contribution in [2.75, 3.05) is 12.8 Å². The van der Waals surface area contributed by atoms with Crippen molar-refractivity contribution in [2.45, 2.75) is 26.3 Å². The van der Waals surface area contributed by atoms with Crippen LogP contribution in [0.4, 0.5) is 5.69 Å². The van der Waals surface area contributed by atoms with Gasteiger partial charge in [0.1, 0.15) is 0 Å². The van der Waals surface area contributed by atoms with Gasteiger partial charge in [-0.25, -0.2) is 0 Å². The molecule has 0 fully saturated rings. The van der Waals surface area contributed by atoms with Gasteiger partial charge < -0.3 is 10.6 Å². The quantitative estimate of drug-likeness (QED) is 0.871. The lowest BCUT2D eigenvalue weighted by atomic mass is 10.1. The molecule has 0 saturated carbocycles. The molecule has 106 valence electrons. The summed E-state index contributed by atoms with van der Waals surface area (Å²) < 4.78 is 0. The first kappa shape index (κ1) is 14.6. The van der Waals surface area contributed by atoms with Crippen LogP contribution in [-0.4, -0.2) is 17.9 Å². The summed E-state index contributed by atoms with van der Waals surface area (Å²) in [6.45, 7) is 4.09. The Morgan fingerprint density at radius 2 is 2.15 bits per heavy atom. The molecule has 0 saturated heterocycles. The Labute approximate surface area is 124 Å². The highest BCUT2D eigenvalue weighted by molar-refractivity contribution is 7.12. The van der Waals surface area contributed by atoms with Crippen LogP contribution in [0.5, 0.6) is 0 Å². The SMILES string of the molecule is CCc1ccsc1C(=O)N(C)C(C)c1cccc(N)c1. The Balaban J connectivity index is 2.22. The molecule has 1 unspecified atom stereocenters. The van der Waals surface area contributed by atoms with E-state index < -0.39 is 0 Å². The Kier molecular flexibility index (Phi) is 4.45. The number of carbonyl (C=O) groups is 1. The fraction of sp³-hybridized carbons (Fsp3) is 0.312. The normalized spacial score (nSPS) is 12.2. The molecule has 0 aliphatic carbocycles. The molecule has 0 bridgehead atoms. The summed E-state index contributed by atoms with van der Waals surface area (Å²) in [4.78, 5) is 15.2. The first-order valence-electron chi connectivity index (χ1n) is 6.73. The third-order valence-corrected chi connectivity index (χ3v) is 4.56. The lowest BCUT2D eigenvalue weighted by molar-refractivity contribution is 0.0746. The van der Waals surface area contributed by atoms with Gasteiger partial charge in [0.05, 0.1) is 10.9 Å². The zero-order valence-electron chi connectivity index (χ0n) is 12.1. The smallest absolute Gasteiger partial charge is 0.264 e. The molecule has 0 aliphatic heterocycles. The fourth-order valence-electron chi connectivity index (χ4n) is 2.18. The molecule has 4 heteroatoms. The molecule has 3 nitrogen and oxygen atoms in total. The van der Waals surface area contributed by atoms with Crippen molar-refractivity contribution in [3.05, 3.63) is 51.7 Å². The zero-order valence-corrected chi connectivity index (χ0v) is 12.9. The number of anilines is 1. The van der Waals surface area contributed by atoms with Gasteiger partial charge in [0, 0.05) is 12.7 Å². The molecule has 0 aliphatic rings. The fourth-order valence-corrected chi connectivity index (χ4v) is 3.16. The van der Waals surface area contributed by atoms with Crippen molar-refractivity contribution >= 4 is 22.9 Å². The van der Waals surface area contributed by atoms with Crippen LogP contribution in [0.3, 0.4) is 0 Å². The second kappa shape index (κ2) is 6.09. The van der Waals surface area contributed by atoms with E-state index in [4.69, 9.17) is 5.73 Å². The van der Waals surface area contributed by atoms with E-state index in [9.17, 15) is 4.79 Å². The molecule has 0 radical (unpaired) electrons. The zero-order chi connectivity index (χ0) is 14.7. The van der Waals surface area contributed by atoms with Crippen LogP contribution in [0.2, 0.25) is 0 Å². The second-order valence-corrected chi connectivity index (χ2v) is 5.81. The summed E-state index contributed by atoms with van der Waals surface area (Å²) in [6.07, 6.45) is 0.880. The molecule has 20 heavy (non-hydrogen) atoms. The van der Waals surface area contributed by atoms with Gasteiger partial charge in [-0.05, 0) is 48.1 Å². The number of carbonyl (C=O) groups excluding carboxylic acids is 1. The van der Waals surface area contributed by atoms with Crippen molar-refractivity contribution in [1.29, 1.82) is 0 Å². The van der Waals surface area contributed by atoms with Crippen LogP contribution in [0, 0.1) is 0 Å². The van der Waals surface area contributed by atoms with Crippen molar-refractivity contribution in [1.82, 2.24) is 4.90 Å². The van der Waals surface area contributed by atoms with Gasteiger partial charge in [-0.15, -0.1) is 11.3 Å². The van der Waals surface area contributed by atoms with Crippen LogP contribution >= 0.6 is 11.3 Å². The number of rotatable bonds is 4. The molecular formula is C16H20N2OS. The highest BCUT2D eigenvalue weighted by atomic mass is 32.1. The van der Waals surface area contributed by atoms with Crippen LogP contribution in [0.15, 0.2) is 35.7 Å². The number of aryl methyl sites for hydroxylation is 1. The van der Waals surface area contributed by atoms with E-state index in [0.29, 0.717) is 0 Å². The molecule has 2 N–H and O–H groups in total. The summed E-state index contributed by atoms with van der Waals surface area (Å²) in [5.41, 5.74) is 8.70. The molecule has 1 heterocycles. The van der Waals surface area contributed by atoms with E-state index in [1.165, 1.54) is 11.3 Å². The van der Waals surface area contributed by atoms with Gasteiger partial charge in [0.15, 0.2) is 0 Å². The van der Waals surface area contributed by atoms with Gasteiger partial charge in [0.2, 0.25) is 0 Å². The standard InChI is InChI=1S/C16H20N2OS/c1-4-12-8-9-20-15(12)16(19)18(3)11(2)13-6-5-7-14(17)10-13/h5-11H,4,17H2,1-3H3. The number of hydrogen-bond acceptors (Lipinski definition) is 3. The highest BCUT2D eigenvalue weighted by Gasteiger charge is 2.21. The number of amides is 1. The summed E-state index contributed by atoms with van der Waals surface area (Å²) in [5, 5.41) is 1.98. The van der Waals surface area contributed by atoms with E-state index in [1.54, 1.807) is 4.90 Å². The molecular weight excluding hydrogens is 268 g/mol. The van der Waals surface area contributed by atoms with E-state index in [0.717, 1.165) is 28.1 Å². The predicted octanol–water partition coefficient (Wildman–Crippen LogP) is 3.73. The number of thiophene rings is 1. The van der Waals surface area contributed by atoms with E-state index in [1.807, 2.05) is 49.7 Å². The van der Waals surface area contributed by atoms with Crippen LogP contribution in [0.25, 0.3) is 0 Å². The molecule has 1 atom stereocenters. The molecule has 1 amide bonds. The molecule has 0 spiro atoms. The number of benzene rings is 1. The van der Waals surface area contributed by atoms with Crippen LogP contribution < -0.4 is 5.73 Å². The van der Waals surface area contributed by atoms with Crippen molar-refractivity contribution in [3.8, 4) is 0 Å². The summed E-state index contributed by atoms with van der Waals surface area (Å²) in [5.74, 6) is 0.0757. The average molecular weight is 288 g/mol. The molecule has 2 aromatic rings. The topological polar surface area (TPSA) is 46.3 Å². The first-order valence-corrected chi connectivity index (χ1v) is 7.61. The lowest BCUT2D eigenvalue weighted by Gasteiger charge is -2.25. The minimum absolute atomic E-state index is 0.00203. The van der Waals surface area contributed by atoms with Crippen LogP contribution in [0.1, 0.15) is 40.7 Å². The van der Waals surface area contributed by atoms with Crippen molar-refractivity contribution in [3.63, 3.8) is 0 Å². The van der Waals surface area contributed by atoms with Gasteiger partial charge >= 0.3 is 0 Å². The van der Waals surface area contributed by atoms with E-state index >= 15 is 0 Å². The van der Waals surface area contributed by atoms with Gasteiger partial charge in [-0.3, -0.25) is 4.79 Å². The number of hydrogen-bond donors (Lipinski definition) is 1. The predicted molar refractivity (Wildman–Crippen MR) is 85.1 cm³/mol. The molecule has 1 aromatic carbocycles. The first-order chi connectivity index (χ1) is 9.54. The molecule has 1 aromatic heterocycles. The van der Waals surface area contributed by atoms with E-state index in [-0.39, 0.29) is 11.9 Å². The highest BCUT2D eigenvalue weighted by Crippen LogP contribution is 2.25. The third-order valence-electron chi connectivity index (χ3n) is 3.62. The third kappa shape index (κ3) is 2.85. The minimum Gasteiger partial charge on any atom is -0.399 e. The Bertz CT molecular complexity index is 606. The Morgan fingerprint density at radius 3 is 2.80 bits per heavy atom. The maximum absolute atomic E-state index is 12.6. The Hall–Kier alpha value is -1.81. The average Bonchev–Trinajstić information content (AvgIpc) is 2.93. The van der Waals surface area contributed by atoms with Gasteiger partial charge in [0.25, 0.3) is 5.91 Å². The van der Waals surface area contributed by atoms with Gasteiger partial charge in [-0.2, -0.15) is 0 Å².